The van der Waals surface area contributed by atoms with Crippen molar-refractivity contribution in [3.63, 3.8) is 0 Å². The second kappa shape index (κ2) is 6.20. The normalized spacial score (nSPS) is 11.3. The summed E-state index contributed by atoms with van der Waals surface area (Å²) in [4.78, 5) is 5.92. The zero-order valence-electron chi connectivity index (χ0n) is 9.96. The lowest BCUT2D eigenvalue weighted by Crippen LogP contribution is -2.18. The highest BCUT2D eigenvalue weighted by molar-refractivity contribution is 7.11. The van der Waals surface area contributed by atoms with Crippen LogP contribution in [0.15, 0.2) is 0 Å². The average molecular weight is 228 g/mol. The first-order chi connectivity index (χ1) is 7.15. The predicted molar refractivity (Wildman–Crippen MR) is 64.5 cm³/mol. The quantitative estimate of drug-likeness (QED) is 0.759. The van der Waals surface area contributed by atoms with E-state index in [1.807, 2.05) is 0 Å². The van der Waals surface area contributed by atoms with Crippen molar-refractivity contribution in [1.82, 2.24) is 10.3 Å². The van der Waals surface area contributed by atoms with Gasteiger partial charge in [0.25, 0.3) is 0 Å². The number of nitrogens with one attached hydrogen (secondary N) is 1. The zero-order chi connectivity index (χ0) is 11.3. The average Bonchev–Trinajstić information content (AvgIpc) is 2.55. The molecule has 0 spiro atoms. The number of methoxy groups -OCH3 is 1. The van der Waals surface area contributed by atoms with E-state index in [0.717, 1.165) is 24.7 Å². The van der Waals surface area contributed by atoms with Gasteiger partial charge in [0.2, 0.25) is 0 Å². The van der Waals surface area contributed by atoms with Crippen LogP contribution in [-0.2, 0) is 11.3 Å². The lowest BCUT2D eigenvalue weighted by atomic mass is 10.1. The van der Waals surface area contributed by atoms with Crippen molar-refractivity contribution in [3.05, 3.63) is 15.6 Å². The minimum absolute atomic E-state index is 0.508. The van der Waals surface area contributed by atoms with E-state index in [9.17, 15) is 0 Å². The number of hydrogen-bond donors (Lipinski definition) is 1. The predicted octanol–water partition coefficient (Wildman–Crippen LogP) is 2.31. The molecule has 0 aliphatic rings. The number of aryl methyl sites for hydroxylation is 1. The van der Waals surface area contributed by atoms with Gasteiger partial charge in [-0.25, -0.2) is 4.98 Å². The van der Waals surface area contributed by atoms with E-state index < -0.39 is 0 Å². The summed E-state index contributed by atoms with van der Waals surface area (Å²) < 4.78 is 4.99. The van der Waals surface area contributed by atoms with Gasteiger partial charge in [0.1, 0.15) is 0 Å². The Hall–Kier alpha value is -0.450. The molecule has 1 aromatic heterocycles. The molecule has 1 heterocycles. The standard InChI is InChI=1S/C11H20N2OS/c1-8(2)11-10(15-9(3)13-11)7-12-5-6-14-4/h8,12H,5-7H2,1-4H3. The Bertz CT molecular complexity index is 297. The van der Waals surface area contributed by atoms with E-state index >= 15 is 0 Å². The van der Waals surface area contributed by atoms with Crippen molar-refractivity contribution >= 4 is 11.3 Å². The summed E-state index contributed by atoms with van der Waals surface area (Å²) >= 11 is 1.79. The van der Waals surface area contributed by atoms with Crippen LogP contribution in [0.25, 0.3) is 0 Å². The van der Waals surface area contributed by atoms with Crippen LogP contribution in [0.2, 0.25) is 0 Å². The third-order valence-electron chi connectivity index (χ3n) is 2.15. The molecule has 0 aromatic carbocycles. The summed E-state index contributed by atoms with van der Waals surface area (Å²) in [6, 6.07) is 0. The first-order valence-electron chi connectivity index (χ1n) is 5.31. The first-order valence-corrected chi connectivity index (χ1v) is 6.12. The molecule has 1 aromatic rings. The van der Waals surface area contributed by atoms with E-state index in [-0.39, 0.29) is 0 Å². The lowest BCUT2D eigenvalue weighted by molar-refractivity contribution is 0.199. The molecular weight excluding hydrogens is 208 g/mol. The van der Waals surface area contributed by atoms with Gasteiger partial charge >= 0.3 is 0 Å². The van der Waals surface area contributed by atoms with Crippen molar-refractivity contribution in [2.75, 3.05) is 20.3 Å². The molecule has 0 aliphatic heterocycles. The largest absolute Gasteiger partial charge is 0.383 e. The summed E-state index contributed by atoms with van der Waals surface area (Å²) in [5, 5.41) is 4.51. The summed E-state index contributed by atoms with van der Waals surface area (Å²) in [5.41, 5.74) is 1.24. The van der Waals surface area contributed by atoms with Crippen LogP contribution in [0, 0.1) is 6.92 Å². The second-order valence-electron chi connectivity index (χ2n) is 3.87. The van der Waals surface area contributed by atoms with E-state index in [0.29, 0.717) is 5.92 Å². The van der Waals surface area contributed by atoms with Gasteiger partial charge in [-0.1, -0.05) is 13.8 Å². The number of aromatic nitrogens is 1. The topological polar surface area (TPSA) is 34.1 Å². The van der Waals surface area contributed by atoms with Crippen LogP contribution >= 0.6 is 11.3 Å². The molecule has 0 radical (unpaired) electrons. The van der Waals surface area contributed by atoms with Gasteiger partial charge in [-0.2, -0.15) is 0 Å². The Labute approximate surface area is 95.9 Å². The van der Waals surface area contributed by atoms with E-state index in [2.05, 4.69) is 31.1 Å². The third kappa shape index (κ3) is 3.89. The molecule has 0 aliphatic carbocycles. The zero-order valence-corrected chi connectivity index (χ0v) is 10.8. The molecule has 3 nitrogen and oxygen atoms in total. The Morgan fingerprint density at radius 1 is 1.47 bits per heavy atom. The molecule has 0 atom stereocenters. The fourth-order valence-corrected chi connectivity index (χ4v) is 2.50. The minimum atomic E-state index is 0.508. The SMILES string of the molecule is COCCNCc1sc(C)nc1C(C)C. The number of thiazole rings is 1. The van der Waals surface area contributed by atoms with Crippen molar-refractivity contribution in [2.24, 2.45) is 0 Å². The van der Waals surface area contributed by atoms with Crippen LogP contribution < -0.4 is 5.32 Å². The van der Waals surface area contributed by atoms with Crippen LogP contribution in [-0.4, -0.2) is 25.2 Å². The van der Waals surface area contributed by atoms with Crippen LogP contribution in [0.3, 0.4) is 0 Å². The van der Waals surface area contributed by atoms with E-state index in [4.69, 9.17) is 4.74 Å². The Morgan fingerprint density at radius 3 is 2.80 bits per heavy atom. The van der Waals surface area contributed by atoms with Gasteiger partial charge in [0, 0.05) is 25.1 Å². The molecule has 0 bridgehead atoms. The maximum absolute atomic E-state index is 4.99. The number of rotatable bonds is 6. The number of nitrogens with zero attached hydrogens (tertiary/aromatic N) is 1. The molecule has 1 rings (SSSR count). The van der Waals surface area contributed by atoms with Crippen LogP contribution in [0.1, 0.15) is 35.3 Å². The van der Waals surface area contributed by atoms with Gasteiger partial charge in [0.05, 0.1) is 17.3 Å². The van der Waals surface area contributed by atoms with Crippen LogP contribution in [0.4, 0.5) is 0 Å². The fraction of sp³-hybridized carbons (Fsp3) is 0.727. The van der Waals surface area contributed by atoms with Crippen molar-refractivity contribution in [1.29, 1.82) is 0 Å². The molecule has 0 amide bonds. The van der Waals surface area contributed by atoms with Gasteiger partial charge in [0.15, 0.2) is 0 Å². The molecule has 1 N–H and O–H groups in total. The summed E-state index contributed by atoms with van der Waals surface area (Å²) in [7, 11) is 1.72. The maximum Gasteiger partial charge on any atom is 0.0900 e. The summed E-state index contributed by atoms with van der Waals surface area (Å²) in [6.45, 7) is 9.00. The lowest BCUT2D eigenvalue weighted by Gasteiger charge is -2.06. The maximum atomic E-state index is 4.99. The smallest absolute Gasteiger partial charge is 0.0900 e. The number of ether oxygens (including phenoxy) is 1. The highest BCUT2D eigenvalue weighted by Gasteiger charge is 2.11. The molecule has 0 saturated heterocycles. The monoisotopic (exact) mass is 228 g/mol. The van der Waals surface area contributed by atoms with Gasteiger partial charge in [-0.05, 0) is 12.8 Å². The molecule has 0 unspecified atom stereocenters. The highest BCUT2D eigenvalue weighted by Crippen LogP contribution is 2.24. The Balaban J connectivity index is 2.52. The van der Waals surface area contributed by atoms with Crippen LogP contribution in [0.5, 0.6) is 0 Å². The summed E-state index contributed by atoms with van der Waals surface area (Å²) in [5.74, 6) is 0.508. The van der Waals surface area contributed by atoms with Crippen molar-refractivity contribution in [3.8, 4) is 0 Å². The van der Waals surface area contributed by atoms with Gasteiger partial charge < -0.3 is 10.1 Å². The Kier molecular flexibility index (Phi) is 5.22. The fourth-order valence-electron chi connectivity index (χ4n) is 1.44. The molecule has 4 heteroatoms. The van der Waals surface area contributed by atoms with Crippen molar-refractivity contribution in [2.45, 2.75) is 33.2 Å². The molecule has 0 fully saturated rings. The van der Waals surface area contributed by atoms with E-state index in [1.165, 1.54) is 10.6 Å². The van der Waals surface area contributed by atoms with Crippen molar-refractivity contribution < 1.29 is 4.74 Å². The van der Waals surface area contributed by atoms with E-state index in [1.54, 1.807) is 18.4 Å². The minimum Gasteiger partial charge on any atom is -0.383 e. The highest BCUT2D eigenvalue weighted by atomic mass is 32.1. The first kappa shape index (κ1) is 12.6. The van der Waals surface area contributed by atoms with Gasteiger partial charge in [-0.3, -0.25) is 0 Å². The summed E-state index contributed by atoms with van der Waals surface area (Å²) in [6.07, 6.45) is 0. The molecular formula is C11H20N2OS. The molecule has 15 heavy (non-hydrogen) atoms. The molecule has 86 valence electrons. The van der Waals surface area contributed by atoms with Gasteiger partial charge in [-0.15, -0.1) is 11.3 Å². The number of hydrogen-bond acceptors (Lipinski definition) is 4. The Morgan fingerprint density at radius 2 is 2.20 bits per heavy atom. The molecule has 0 saturated carbocycles. The second-order valence-corrected chi connectivity index (χ2v) is 5.15. The third-order valence-corrected chi connectivity index (χ3v) is 3.14.